The molecule has 1 fully saturated rings. The molecule has 0 spiro atoms. The van der Waals surface area contributed by atoms with Gasteiger partial charge in [-0.1, -0.05) is 18.5 Å². The molecule has 1 saturated heterocycles. The van der Waals surface area contributed by atoms with Crippen LogP contribution in [0.15, 0.2) is 38.4 Å². The lowest BCUT2D eigenvalue weighted by Crippen LogP contribution is -2.40. The van der Waals surface area contributed by atoms with Crippen LogP contribution in [0.4, 0.5) is 0 Å². The number of fused-ring (bicyclic) bond motifs is 1. The van der Waals surface area contributed by atoms with Gasteiger partial charge in [0.2, 0.25) is 10.0 Å². The summed E-state index contributed by atoms with van der Waals surface area (Å²) in [7, 11) is -3.85. The average Bonchev–Trinajstić information content (AvgIpc) is 2.47. The van der Waals surface area contributed by atoms with E-state index in [0.29, 0.717) is 29.1 Å². The summed E-state index contributed by atoms with van der Waals surface area (Å²) < 4.78 is 31.9. The van der Waals surface area contributed by atoms with Gasteiger partial charge in [0, 0.05) is 23.5 Å². The zero-order chi connectivity index (χ0) is 15.9. The number of hydrogen-bond acceptors (Lipinski definition) is 4. The maximum Gasteiger partial charge on any atom is 0.356 e. The molecule has 1 aromatic heterocycles. The third-order valence-electron chi connectivity index (χ3n) is 3.90. The molecule has 1 aliphatic rings. The quantitative estimate of drug-likeness (QED) is 0.788. The minimum absolute atomic E-state index is 0.283. The number of nitrogens with zero attached hydrogens (tertiary/aromatic N) is 1. The number of piperidine rings is 1. The van der Waals surface area contributed by atoms with E-state index in [4.69, 9.17) is 16.0 Å². The predicted octanol–water partition coefficient (Wildman–Crippen LogP) is 2.87. The van der Waals surface area contributed by atoms with Gasteiger partial charge in [0.25, 0.3) is 0 Å². The van der Waals surface area contributed by atoms with E-state index in [9.17, 15) is 13.2 Å². The Morgan fingerprint density at radius 1 is 1.32 bits per heavy atom. The highest BCUT2D eigenvalue weighted by Crippen LogP contribution is 2.25. The van der Waals surface area contributed by atoms with Gasteiger partial charge in [-0.2, -0.15) is 4.31 Å². The number of hydrogen-bond donors (Lipinski definition) is 0. The monoisotopic (exact) mass is 341 g/mol. The molecule has 118 valence electrons. The Bertz CT molecular complexity index is 875. The van der Waals surface area contributed by atoms with E-state index in [-0.39, 0.29) is 10.8 Å². The molecule has 1 aromatic carbocycles. The SMILES string of the molecule is C[C@@H]1CCCN(S(=O)(=O)c2cc3cc(Cl)ccc3oc2=O)C1. The minimum Gasteiger partial charge on any atom is -0.422 e. The van der Waals surface area contributed by atoms with Gasteiger partial charge in [-0.25, -0.2) is 13.2 Å². The molecule has 0 bridgehead atoms. The molecule has 5 nitrogen and oxygen atoms in total. The van der Waals surface area contributed by atoms with Crippen LogP contribution in [-0.4, -0.2) is 25.8 Å². The van der Waals surface area contributed by atoms with Crippen molar-refractivity contribution in [2.75, 3.05) is 13.1 Å². The third kappa shape index (κ3) is 2.78. The Labute approximate surface area is 133 Å². The highest BCUT2D eigenvalue weighted by molar-refractivity contribution is 7.89. The molecule has 0 unspecified atom stereocenters. The fourth-order valence-electron chi connectivity index (χ4n) is 2.76. The van der Waals surface area contributed by atoms with Crippen molar-refractivity contribution in [3.05, 3.63) is 39.7 Å². The second kappa shape index (κ2) is 5.68. The third-order valence-corrected chi connectivity index (χ3v) is 5.99. The van der Waals surface area contributed by atoms with Crippen molar-refractivity contribution >= 4 is 32.6 Å². The lowest BCUT2D eigenvalue weighted by atomic mass is 10.0. The first kappa shape index (κ1) is 15.5. The van der Waals surface area contributed by atoms with E-state index in [2.05, 4.69) is 0 Å². The van der Waals surface area contributed by atoms with Crippen molar-refractivity contribution in [2.24, 2.45) is 5.92 Å². The molecule has 22 heavy (non-hydrogen) atoms. The Morgan fingerprint density at radius 3 is 2.82 bits per heavy atom. The second-order valence-electron chi connectivity index (χ2n) is 5.69. The molecule has 0 amide bonds. The van der Waals surface area contributed by atoms with E-state index in [0.717, 1.165) is 12.8 Å². The lowest BCUT2D eigenvalue weighted by molar-refractivity contribution is 0.280. The maximum atomic E-state index is 12.7. The van der Waals surface area contributed by atoms with E-state index < -0.39 is 15.6 Å². The van der Waals surface area contributed by atoms with Crippen LogP contribution in [0, 0.1) is 5.92 Å². The average molecular weight is 342 g/mol. The fraction of sp³-hybridized carbons (Fsp3) is 0.400. The zero-order valence-electron chi connectivity index (χ0n) is 12.1. The summed E-state index contributed by atoms with van der Waals surface area (Å²) in [5.74, 6) is 0.283. The van der Waals surface area contributed by atoms with Crippen LogP contribution >= 0.6 is 11.6 Å². The van der Waals surface area contributed by atoms with Crippen molar-refractivity contribution < 1.29 is 12.8 Å². The number of sulfonamides is 1. The van der Waals surface area contributed by atoms with E-state index in [1.807, 2.05) is 6.92 Å². The van der Waals surface area contributed by atoms with E-state index >= 15 is 0 Å². The lowest BCUT2D eigenvalue weighted by Gasteiger charge is -2.29. The zero-order valence-corrected chi connectivity index (χ0v) is 13.7. The molecule has 0 saturated carbocycles. The first-order valence-corrected chi connectivity index (χ1v) is 8.93. The largest absolute Gasteiger partial charge is 0.422 e. The fourth-order valence-corrected chi connectivity index (χ4v) is 4.57. The molecule has 2 aromatic rings. The van der Waals surface area contributed by atoms with Crippen LogP contribution in [0.3, 0.4) is 0 Å². The van der Waals surface area contributed by atoms with Crippen molar-refractivity contribution in [2.45, 2.75) is 24.7 Å². The second-order valence-corrected chi connectivity index (χ2v) is 8.03. The maximum absolute atomic E-state index is 12.7. The van der Waals surface area contributed by atoms with Crippen LogP contribution in [0.1, 0.15) is 19.8 Å². The molecule has 1 atom stereocenters. The topological polar surface area (TPSA) is 67.6 Å². The molecule has 7 heteroatoms. The minimum atomic E-state index is -3.85. The van der Waals surface area contributed by atoms with Crippen molar-refractivity contribution in [1.82, 2.24) is 4.31 Å². The first-order valence-electron chi connectivity index (χ1n) is 7.11. The molecule has 0 radical (unpaired) electrons. The normalized spacial score (nSPS) is 20.4. The number of rotatable bonds is 2. The highest BCUT2D eigenvalue weighted by Gasteiger charge is 2.31. The van der Waals surface area contributed by atoms with Crippen molar-refractivity contribution in [3.63, 3.8) is 0 Å². The molecular weight excluding hydrogens is 326 g/mol. The first-order chi connectivity index (χ1) is 10.4. The van der Waals surface area contributed by atoms with Crippen LogP contribution in [0.5, 0.6) is 0 Å². The Kier molecular flexibility index (Phi) is 4.01. The van der Waals surface area contributed by atoms with Crippen LogP contribution in [0.25, 0.3) is 11.0 Å². The van der Waals surface area contributed by atoms with Gasteiger partial charge in [-0.15, -0.1) is 0 Å². The van der Waals surface area contributed by atoms with Crippen LogP contribution in [-0.2, 0) is 10.0 Å². The Hall–Kier alpha value is -1.37. The van der Waals surface area contributed by atoms with E-state index in [1.54, 1.807) is 18.2 Å². The number of benzene rings is 1. The standard InChI is InChI=1S/C15H16ClNO4S/c1-10-3-2-6-17(9-10)22(19,20)14-8-11-7-12(16)4-5-13(11)21-15(14)18/h4-5,7-8,10H,2-3,6,9H2,1H3/t10-/m1/s1. The van der Waals surface area contributed by atoms with Gasteiger partial charge in [0.1, 0.15) is 5.58 Å². The van der Waals surface area contributed by atoms with Crippen molar-refractivity contribution in [3.8, 4) is 0 Å². The Balaban J connectivity index is 2.12. The summed E-state index contributed by atoms with van der Waals surface area (Å²) >= 11 is 5.91. The Morgan fingerprint density at radius 2 is 2.09 bits per heavy atom. The molecular formula is C15H16ClNO4S. The van der Waals surface area contributed by atoms with E-state index in [1.165, 1.54) is 10.4 Å². The van der Waals surface area contributed by atoms with Gasteiger partial charge < -0.3 is 4.42 Å². The summed E-state index contributed by atoms with van der Waals surface area (Å²) in [6, 6.07) is 6.07. The summed E-state index contributed by atoms with van der Waals surface area (Å²) in [6.45, 7) is 2.86. The van der Waals surface area contributed by atoms with Gasteiger partial charge in [0.05, 0.1) is 0 Å². The van der Waals surface area contributed by atoms with Crippen LogP contribution in [0.2, 0.25) is 5.02 Å². The van der Waals surface area contributed by atoms with Gasteiger partial charge in [0.15, 0.2) is 4.90 Å². The van der Waals surface area contributed by atoms with Crippen molar-refractivity contribution in [1.29, 1.82) is 0 Å². The predicted molar refractivity (Wildman–Crippen MR) is 84.7 cm³/mol. The highest BCUT2D eigenvalue weighted by atomic mass is 35.5. The smallest absolute Gasteiger partial charge is 0.356 e. The molecule has 1 aliphatic heterocycles. The van der Waals surface area contributed by atoms with Crippen LogP contribution < -0.4 is 5.63 Å². The summed E-state index contributed by atoms with van der Waals surface area (Å²) in [6.07, 6.45) is 1.79. The molecule has 2 heterocycles. The molecule has 0 N–H and O–H groups in total. The molecule has 0 aliphatic carbocycles. The summed E-state index contributed by atoms with van der Waals surface area (Å²) in [4.78, 5) is 11.8. The van der Waals surface area contributed by atoms with Gasteiger partial charge in [-0.05, 0) is 43.0 Å². The van der Waals surface area contributed by atoms with Gasteiger partial charge >= 0.3 is 5.63 Å². The number of halogens is 1. The summed E-state index contributed by atoms with van der Waals surface area (Å²) in [5.41, 5.74) is -0.520. The molecule has 3 rings (SSSR count). The summed E-state index contributed by atoms with van der Waals surface area (Å²) in [5, 5.41) is 0.951. The van der Waals surface area contributed by atoms with Gasteiger partial charge in [-0.3, -0.25) is 0 Å².